The third kappa shape index (κ3) is 2.32. The van der Waals surface area contributed by atoms with Crippen molar-refractivity contribution in [1.29, 1.82) is 0 Å². The Kier molecular flexibility index (Phi) is 3.19. The van der Waals surface area contributed by atoms with Gasteiger partial charge in [-0.3, -0.25) is 4.68 Å². The van der Waals surface area contributed by atoms with Crippen molar-refractivity contribution in [2.24, 2.45) is 0 Å². The second kappa shape index (κ2) is 5.14. The zero-order valence-corrected chi connectivity index (χ0v) is 10.9. The molecule has 3 aromatic rings. The van der Waals surface area contributed by atoms with Crippen LogP contribution in [0.4, 0.5) is 0 Å². The average Bonchev–Trinajstić information content (AvgIpc) is 2.79. The fraction of sp³-hybridized carbons (Fsp3) is 0.188. The monoisotopic (exact) mass is 252 g/mol. The minimum atomic E-state index is 0.631. The summed E-state index contributed by atoms with van der Waals surface area (Å²) >= 11 is 0. The quantitative estimate of drug-likeness (QED) is 0.710. The molecule has 1 aromatic heterocycles. The highest BCUT2D eigenvalue weighted by atomic mass is 16.5. The van der Waals surface area contributed by atoms with E-state index >= 15 is 0 Å². The molecule has 0 spiro atoms. The van der Waals surface area contributed by atoms with Crippen molar-refractivity contribution < 1.29 is 4.74 Å². The van der Waals surface area contributed by atoms with Gasteiger partial charge in [-0.1, -0.05) is 42.5 Å². The summed E-state index contributed by atoms with van der Waals surface area (Å²) in [6, 6.07) is 18.5. The molecule has 96 valence electrons. The molecule has 2 aromatic carbocycles. The van der Waals surface area contributed by atoms with Crippen molar-refractivity contribution in [1.82, 2.24) is 9.78 Å². The molecule has 19 heavy (non-hydrogen) atoms. The van der Waals surface area contributed by atoms with Crippen LogP contribution in [0.25, 0.3) is 10.9 Å². The number of hydrogen-bond acceptors (Lipinski definition) is 2. The Hall–Kier alpha value is -2.29. The van der Waals surface area contributed by atoms with Gasteiger partial charge in [0.1, 0.15) is 0 Å². The number of para-hydroxylation sites is 1. The summed E-state index contributed by atoms with van der Waals surface area (Å²) in [6.45, 7) is 3.37. The molecule has 0 saturated carbocycles. The Morgan fingerprint density at radius 2 is 1.74 bits per heavy atom. The maximum Gasteiger partial charge on any atom is 0.240 e. The van der Waals surface area contributed by atoms with Crippen LogP contribution in [0.3, 0.4) is 0 Å². The summed E-state index contributed by atoms with van der Waals surface area (Å²) in [5.41, 5.74) is 2.34. The number of rotatable bonds is 4. The lowest BCUT2D eigenvalue weighted by Crippen LogP contribution is -2.02. The highest BCUT2D eigenvalue weighted by molar-refractivity contribution is 5.84. The lowest BCUT2D eigenvalue weighted by molar-refractivity contribution is 0.325. The van der Waals surface area contributed by atoms with E-state index in [9.17, 15) is 0 Å². The minimum absolute atomic E-state index is 0.631. The first-order chi connectivity index (χ1) is 9.38. The van der Waals surface area contributed by atoms with Gasteiger partial charge in [-0.05, 0) is 24.6 Å². The van der Waals surface area contributed by atoms with E-state index in [1.807, 2.05) is 41.9 Å². The third-order valence-electron chi connectivity index (χ3n) is 3.08. The van der Waals surface area contributed by atoms with E-state index in [0.29, 0.717) is 12.5 Å². The van der Waals surface area contributed by atoms with Gasteiger partial charge in [0.25, 0.3) is 0 Å². The zero-order valence-electron chi connectivity index (χ0n) is 10.9. The van der Waals surface area contributed by atoms with Crippen molar-refractivity contribution in [2.45, 2.75) is 13.5 Å². The van der Waals surface area contributed by atoms with Crippen LogP contribution < -0.4 is 4.74 Å². The lowest BCUT2D eigenvalue weighted by atomic mass is 10.2. The van der Waals surface area contributed by atoms with E-state index < -0.39 is 0 Å². The molecule has 0 aliphatic rings. The molecule has 0 aliphatic heterocycles. The van der Waals surface area contributed by atoms with E-state index in [-0.39, 0.29) is 0 Å². The molecular weight excluding hydrogens is 236 g/mol. The standard InChI is InChI=1S/C16H16N2O/c1-2-19-16-14-10-6-7-11-15(14)18(17-16)12-13-8-4-3-5-9-13/h3-11H,2,12H2,1H3. The van der Waals surface area contributed by atoms with E-state index in [2.05, 4.69) is 29.4 Å². The fourth-order valence-corrected chi connectivity index (χ4v) is 2.22. The molecule has 0 unspecified atom stereocenters. The highest BCUT2D eigenvalue weighted by Crippen LogP contribution is 2.25. The molecular formula is C16H16N2O. The first-order valence-corrected chi connectivity index (χ1v) is 6.50. The van der Waals surface area contributed by atoms with Gasteiger partial charge in [-0.2, -0.15) is 0 Å². The maximum absolute atomic E-state index is 5.61. The first-order valence-electron chi connectivity index (χ1n) is 6.50. The van der Waals surface area contributed by atoms with E-state index in [4.69, 9.17) is 4.74 Å². The van der Waals surface area contributed by atoms with Gasteiger partial charge in [0.2, 0.25) is 5.88 Å². The third-order valence-corrected chi connectivity index (χ3v) is 3.08. The van der Waals surface area contributed by atoms with Gasteiger partial charge in [0.05, 0.1) is 24.1 Å². The fourth-order valence-electron chi connectivity index (χ4n) is 2.22. The molecule has 0 amide bonds. The molecule has 0 bridgehead atoms. The van der Waals surface area contributed by atoms with Crippen molar-refractivity contribution in [3.8, 4) is 5.88 Å². The van der Waals surface area contributed by atoms with Crippen molar-refractivity contribution in [3.63, 3.8) is 0 Å². The van der Waals surface area contributed by atoms with Gasteiger partial charge < -0.3 is 4.74 Å². The second-order valence-electron chi connectivity index (χ2n) is 4.40. The second-order valence-corrected chi connectivity index (χ2v) is 4.40. The molecule has 1 heterocycles. The van der Waals surface area contributed by atoms with Gasteiger partial charge in [0.15, 0.2) is 0 Å². The number of hydrogen-bond donors (Lipinski definition) is 0. The molecule has 0 N–H and O–H groups in total. The molecule has 0 saturated heterocycles. The van der Waals surface area contributed by atoms with Gasteiger partial charge >= 0.3 is 0 Å². The van der Waals surface area contributed by atoms with Crippen LogP contribution in [-0.4, -0.2) is 16.4 Å². The van der Waals surface area contributed by atoms with E-state index in [1.165, 1.54) is 5.56 Å². The Labute approximate surface area is 112 Å². The molecule has 0 aliphatic carbocycles. The van der Waals surface area contributed by atoms with Crippen LogP contribution in [-0.2, 0) is 6.54 Å². The predicted octanol–water partition coefficient (Wildman–Crippen LogP) is 3.48. The largest absolute Gasteiger partial charge is 0.476 e. The summed E-state index contributed by atoms with van der Waals surface area (Å²) in [6.07, 6.45) is 0. The number of benzene rings is 2. The van der Waals surface area contributed by atoms with Crippen LogP contribution in [0.15, 0.2) is 54.6 Å². The van der Waals surface area contributed by atoms with Crippen LogP contribution in [0.5, 0.6) is 5.88 Å². The molecule has 0 atom stereocenters. The van der Waals surface area contributed by atoms with Crippen molar-refractivity contribution >= 4 is 10.9 Å². The SMILES string of the molecule is CCOc1nn(Cc2ccccc2)c2ccccc12. The van der Waals surface area contributed by atoms with Crippen molar-refractivity contribution in [2.75, 3.05) is 6.61 Å². The predicted molar refractivity (Wildman–Crippen MR) is 76.4 cm³/mol. The first kappa shape index (κ1) is 11.8. The molecule has 0 fully saturated rings. The normalized spacial score (nSPS) is 10.8. The number of aromatic nitrogens is 2. The Bertz CT molecular complexity index is 674. The Morgan fingerprint density at radius 1 is 1.00 bits per heavy atom. The van der Waals surface area contributed by atoms with Crippen LogP contribution in [0.2, 0.25) is 0 Å². The minimum Gasteiger partial charge on any atom is -0.476 e. The Balaban J connectivity index is 2.03. The smallest absolute Gasteiger partial charge is 0.240 e. The summed E-state index contributed by atoms with van der Waals surface area (Å²) in [5, 5.41) is 5.64. The average molecular weight is 252 g/mol. The molecule has 0 radical (unpaired) electrons. The number of ether oxygens (including phenoxy) is 1. The van der Waals surface area contributed by atoms with E-state index in [1.54, 1.807) is 0 Å². The summed E-state index contributed by atoms with van der Waals surface area (Å²) in [4.78, 5) is 0. The zero-order chi connectivity index (χ0) is 13.1. The number of fused-ring (bicyclic) bond motifs is 1. The van der Waals surface area contributed by atoms with Gasteiger partial charge in [0, 0.05) is 0 Å². The summed E-state index contributed by atoms with van der Waals surface area (Å²) in [5.74, 6) is 0.717. The topological polar surface area (TPSA) is 27.1 Å². The summed E-state index contributed by atoms with van der Waals surface area (Å²) < 4.78 is 7.60. The van der Waals surface area contributed by atoms with Crippen LogP contribution in [0.1, 0.15) is 12.5 Å². The van der Waals surface area contributed by atoms with Crippen LogP contribution in [0, 0.1) is 0 Å². The lowest BCUT2D eigenvalue weighted by Gasteiger charge is -2.03. The van der Waals surface area contributed by atoms with Crippen molar-refractivity contribution in [3.05, 3.63) is 60.2 Å². The number of nitrogens with zero attached hydrogens (tertiary/aromatic N) is 2. The summed E-state index contributed by atoms with van der Waals surface area (Å²) in [7, 11) is 0. The maximum atomic E-state index is 5.61. The van der Waals surface area contributed by atoms with Gasteiger partial charge in [-0.25, -0.2) is 0 Å². The highest BCUT2D eigenvalue weighted by Gasteiger charge is 2.10. The molecule has 3 nitrogen and oxygen atoms in total. The molecule has 3 heteroatoms. The van der Waals surface area contributed by atoms with Gasteiger partial charge in [-0.15, -0.1) is 5.10 Å². The molecule has 3 rings (SSSR count). The Morgan fingerprint density at radius 3 is 2.53 bits per heavy atom. The van der Waals surface area contributed by atoms with Crippen LogP contribution >= 0.6 is 0 Å². The van der Waals surface area contributed by atoms with E-state index in [0.717, 1.165) is 17.4 Å².